The highest BCUT2D eigenvalue weighted by atomic mass is 14.1. The first-order valence-electron chi connectivity index (χ1n) is 6.83. The first kappa shape index (κ1) is 14.6. The van der Waals surface area contributed by atoms with Crippen LogP contribution in [0.5, 0.6) is 0 Å². The molecule has 0 aromatic rings. The van der Waals surface area contributed by atoms with Crippen molar-refractivity contribution >= 4 is 0 Å². The topological polar surface area (TPSA) is 0 Å². The zero-order valence-electron chi connectivity index (χ0n) is 10.9. The van der Waals surface area contributed by atoms with E-state index in [1.807, 2.05) is 0 Å². The predicted molar refractivity (Wildman–Crippen MR) is 69.8 cm³/mol. The summed E-state index contributed by atoms with van der Waals surface area (Å²) < 4.78 is 0. The molecular formula is C15H28. The Morgan fingerprint density at radius 2 is 1.53 bits per heavy atom. The van der Waals surface area contributed by atoms with Crippen LogP contribution in [0.2, 0.25) is 0 Å². The molecule has 0 spiro atoms. The maximum Gasteiger partial charge on any atom is 0.0202 e. The molecule has 0 saturated carbocycles. The van der Waals surface area contributed by atoms with Gasteiger partial charge in [0.15, 0.2) is 0 Å². The fourth-order valence-corrected chi connectivity index (χ4v) is 1.76. The molecule has 0 rings (SSSR count). The number of hydrogen-bond acceptors (Lipinski definition) is 0. The average molecular weight is 208 g/mol. The molecule has 0 aromatic heterocycles. The van der Waals surface area contributed by atoms with Crippen molar-refractivity contribution in [2.75, 3.05) is 0 Å². The highest BCUT2D eigenvalue weighted by molar-refractivity contribution is 5.03. The molecule has 1 unspecified atom stereocenters. The van der Waals surface area contributed by atoms with Crippen LogP contribution < -0.4 is 0 Å². The largest absolute Gasteiger partial charge is 0.103 e. The van der Waals surface area contributed by atoms with Crippen LogP contribution in [0.15, 0.2) is 0 Å². The smallest absolute Gasteiger partial charge is 0.0202 e. The Morgan fingerprint density at radius 3 is 2.13 bits per heavy atom. The molecular weight excluding hydrogens is 180 g/mol. The fraction of sp³-hybridized carbons (Fsp3) is 0.867. The maximum atomic E-state index is 3.46. The maximum absolute atomic E-state index is 3.46. The third kappa shape index (κ3) is 9.85. The van der Waals surface area contributed by atoms with E-state index in [4.69, 9.17) is 0 Å². The van der Waals surface area contributed by atoms with Gasteiger partial charge in [0.1, 0.15) is 0 Å². The summed E-state index contributed by atoms with van der Waals surface area (Å²) in [4.78, 5) is 0. The molecule has 0 heteroatoms. The molecule has 0 saturated heterocycles. The molecule has 0 aliphatic rings. The van der Waals surface area contributed by atoms with E-state index in [9.17, 15) is 0 Å². The van der Waals surface area contributed by atoms with Crippen molar-refractivity contribution in [2.45, 2.75) is 78.6 Å². The minimum absolute atomic E-state index is 0.679. The normalized spacial score (nSPS) is 11.9. The van der Waals surface area contributed by atoms with Crippen molar-refractivity contribution < 1.29 is 0 Å². The second-order valence-electron chi connectivity index (χ2n) is 4.41. The van der Waals surface area contributed by atoms with Gasteiger partial charge in [0.2, 0.25) is 0 Å². The number of hydrogen-bond donors (Lipinski definition) is 0. The second kappa shape index (κ2) is 11.6. The summed E-state index contributed by atoms with van der Waals surface area (Å²) in [6, 6.07) is 0. The lowest BCUT2D eigenvalue weighted by molar-refractivity contribution is 0.515. The summed E-state index contributed by atoms with van der Waals surface area (Å²) in [6.07, 6.45) is 11.6. The minimum Gasteiger partial charge on any atom is -0.103 e. The summed E-state index contributed by atoms with van der Waals surface area (Å²) in [5.74, 6) is 7.49. The summed E-state index contributed by atoms with van der Waals surface area (Å²) in [6.45, 7) is 6.76. The molecule has 0 heterocycles. The predicted octanol–water partition coefficient (Wildman–Crippen LogP) is 5.18. The molecule has 0 fully saturated rings. The van der Waals surface area contributed by atoms with Crippen molar-refractivity contribution in [2.24, 2.45) is 5.92 Å². The quantitative estimate of drug-likeness (QED) is 0.381. The highest BCUT2D eigenvalue weighted by Gasteiger charge is 2.02. The molecule has 0 aliphatic carbocycles. The fourth-order valence-electron chi connectivity index (χ4n) is 1.76. The van der Waals surface area contributed by atoms with Crippen molar-refractivity contribution in [1.82, 2.24) is 0 Å². The average Bonchev–Trinajstić information content (AvgIpc) is 2.24. The van der Waals surface area contributed by atoms with Gasteiger partial charge in [0.05, 0.1) is 0 Å². The highest BCUT2D eigenvalue weighted by Crippen LogP contribution is 2.14. The van der Waals surface area contributed by atoms with E-state index in [2.05, 4.69) is 32.6 Å². The van der Waals surface area contributed by atoms with Crippen molar-refractivity contribution in [3.05, 3.63) is 0 Å². The minimum atomic E-state index is 0.679. The van der Waals surface area contributed by atoms with E-state index in [0.29, 0.717) is 5.92 Å². The Morgan fingerprint density at radius 1 is 0.800 bits per heavy atom. The van der Waals surface area contributed by atoms with Gasteiger partial charge in [0.25, 0.3) is 0 Å². The molecule has 0 aromatic carbocycles. The lowest BCUT2D eigenvalue weighted by Gasteiger charge is -2.08. The summed E-state index contributed by atoms with van der Waals surface area (Å²) in [5, 5.41) is 0. The van der Waals surface area contributed by atoms with Gasteiger partial charge in [-0.25, -0.2) is 0 Å². The van der Waals surface area contributed by atoms with Crippen molar-refractivity contribution in [3.63, 3.8) is 0 Å². The first-order valence-corrected chi connectivity index (χ1v) is 6.83. The van der Waals surface area contributed by atoms with Gasteiger partial charge < -0.3 is 0 Å². The molecule has 0 amide bonds. The van der Waals surface area contributed by atoms with E-state index in [1.165, 1.54) is 51.4 Å². The zero-order chi connectivity index (χ0) is 11.4. The van der Waals surface area contributed by atoms with Gasteiger partial charge in [-0.3, -0.25) is 0 Å². The summed E-state index contributed by atoms with van der Waals surface area (Å²) in [7, 11) is 0. The molecule has 0 nitrogen and oxygen atoms in total. The van der Waals surface area contributed by atoms with Crippen LogP contribution in [0.4, 0.5) is 0 Å². The van der Waals surface area contributed by atoms with E-state index in [1.54, 1.807) is 0 Å². The van der Waals surface area contributed by atoms with Crippen molar-refractivity contribution in [1.29, 1.82) is 0 Å². The van der Waals surface area contributed by atoms with Crippen LogP contribution in [0, 0.1) is 17.8 Å². The number of unbranched alkanes of at least 4 members (excludes halogenated alkanes) is 4. The standard InChI is InChI=1S/C15H28/c1-4-7-9-11-14-15(12-6-3)13-10-8-5-2/h15H,4-10,12-13H2,1-3H3. The Hall–Kier alpha value is -0.440. The van der Waals surface area contributed by atoms with Crippen molar-refractivity contribution in [3.8, 4) is 11.8 Å². The summed E-state index contributed by atoms with van der Waals surface area (Å²) >= 11 is 0. The Kier molecular flexibility index (Phi) is 11.3. The van der Waals surface area contributed by atoms with Gasteiger partial charge in [-0.15, -0.1) is 5.92 Å². The molecule has 0 radical (unpaired) electrons. The zero-order valence-corrected chi connectivity index (χ0v) is 10.9. The molecule has 0 N–H and O–H groups in total. The summed E-state index contributed by atoms with van der Waals surface area (Å²) in [5.41, 5.74) is 0. The second-order valence-corrected chi connectivity index (χ2v) is 4.41. The lowest BCUT2D eigenvalue weighted by atomic mass is 9.97. The van der Waals surface area contributed by atoms with Crippen LogP contribution in [-0.4, -0.2) is 0 Å². The Labute approximate surface area is 96.8 Å². The van der Waals surface area contributed by atoms with E-state index >= 15 is 0 Å². The van der Waals surface area contributed by atoms with Crippen LogP contribution in [0.3, 0.4) is 0 Å². The van der Waals surface area contributed by atoms with Crippen LogP contribution in [-0.2, 0) is 0 Å². The third-order valence-corrected chi connectivity index (χ3v) is 2.75. The molecule has 1 atom stereocenters. The van der Waals surface area contributed by atoms with Gasteiger partial charge in [-0.05, 0) is 19.3 Å². The first-order chi connectivity index (χ1) is 7.35. The van der Waals surface area contributed by atoms with Gasteiger partial charge >= 0.3 is 0 Å². The molecule has 0 aliphatic heterocycles. The van der Waals surface area contributed by atoms with Gasteiger partial charge in [0, 0.05) is 12.3 Å². The SMILES string of the molecule is CCCCC#CC(CCC)CCCCC. The molecule has 15 heavy (non-hydrogen) atoms. The third-order valence-electron chi connectivity index (χ3n) is 2.75. The molecule has 88 valence electrons. The Balaban J connectivity index is 3.73. The van der Waals surface area contributed by atoms with Crippen LogP contribution in [0.1, 0.15) is 78.6 Å². The van der Waals surface area contributed by atoms with Gasteiger partial charge in [-0.2, -0.15) is 0 Å². The lowest BCUT2D eigenvalue weighted by Crippen LogP contribution is -1.96. The monoisotopic (exact) mass is 208 g/mol. The van der Waals surface area contributed by atoms with E-state index in [-0.39, 0.29) is 0 Å². The van der Waals surface area contributed by atoms with Crippen LogP contribution >= 0.6 is 0 Å². The Bertz CT molecular complexity index is 170. The van der Waals surface area contributed by atoms with E-state index < -0.39 is 0 Å². The van der Waals surface area contributed by atoms with Crippen LogP contribution in [0.25, 0.3) is 0 Å². The molecule has 0 bridgehead atoms. The number of rotatable bonds is 8. The van der Waals surface area contributed by atoms with E-state index in [0.717, 1.165) is 6.42 Å². The van der Waals surface area contributed by atoms with Gasteiger partial charge in [-0.1, -0.05) is 58.8 Å².